The van der Waals surface area contributed by atoms with Gasteiger partial charge in [0.05, 0.1) is 5.75 Å². The van der Waals surface area contributed by atoms with Gasteiger partial charge in [0, 0.05) is 0 Å². The molecule has 1 aromatic rings. The Morgan fingerprint density at radius 2 is 2.55 bits per heavy atom. The minimum atomic E-state index is 0.469. The summed E-state index contributed by atoms with van der Waals surface area (Å²) in [5, 5.41) is 6.58. The van der Waals surface area contributed by atoms with Crippen molar-refractivity contribution >= 4 is 24.0 Å². The maximum Gasteiger partial charge on any atom is 0.214 e. The molecule has 0 aliphatic heterocycles. The number of hydrogen-bond acceptors (Lipinski definition) is 4. The van der Waals surface area contributed by atoms with Crippen molar-refractivity contribution in [2.45, 2.75) is 12.7 Å². The highest BCUT2D eigenvalue weighted by Crippen LogP contribution is 2.06. The van der Waals surface area contributed by atoms with E-state index in [0.717, 1.165) is 17.3 Å². The third kappa shape index (κ3) is 1.97. The Bertz CT molecular complexity index is 276. The molecule has 0 fully saturated rings. The normalized spacial score (nSPS) is 10.3. The van der Waals surface area contributed by atoms with Gasteiger partial charge in [-0.2, -0.15) is 16.9 Å². The van der Waals surface area contributed by atoms with Crippen molar-refractivity contribution in [1.82, 2.24) is 14.9 Å². The van der Waals surface area contributed by atoms with Crippen molar-refractivity contribution in [1.29, 1.82) is 0 Å². The number of H-pyrrole nitrogens is 1. The first kappa shape index (κ1) is 8.61. The number of aromatic nitrogens is 3. The van der Waals surface area contributed by atoms with Gasteiger partial charge >= 0.3 is 0 Å². The molecule has 0 aliphatic rings. The van der Waals surface area contributed by atoms with Crippen LogP contribution in [0.4, 0.5) is 0 Å². The Labute approximate surface area is 74.1 Å². The Balaban J connectivity index is 2.71. The zero-order valence-electron chi connectivity index (χ0n) is 6.20. The minimum absolute atomic E-state index is 0.469. The molecular weight excluding hydrogens is 180 g/mol. The second kappa shape index (κ2) is 3.77. The van der Waals surface area contributed by atoms with Crippen molar-refractivity contribution in [2.24, 2.45) is 0 Å². The Morgan fingerprint density at radius 1 is 1.82 bits per heavy atom. The first-order valence-corrected chi connectivity index (χ1v) is 4.81. The zero-order chi connectivity index (χ0) is 8.27. The van der Waals surface area contributed by atoms with Crippen LogP contribution in [-0.2, 0) is 5.75 Å². The molecule has 0 aliphatic carbocycles. The van der Waals surface area contributed by atoms with Crippen LogP contribution in [0.25, 0.3) is 0 Å². The first-order chi connectivity index (χ1) is 5.25. The maximum atomic E-state index is 5.55. The van der Waals surface area contributed by atoms with E-state index in [0.29, 0.717) is 4.77 Å². The molecule has 0 amide bonds. The summed E-state index contributed by atoms with van der Waals surface area (Å²) in [5.74, 6) is 8.20. The number of thioether (sulfide) groups is 1. The Hall–Kier alpha value is -0.490. The van der Waals surface area contributed by atoms with E-state index in [-0.39, 0.29) is 0 Å². The Morgan fingerprint density at radius 3 is 3.00 bits per heavy atom. The highest BCUT2D eigenvalue weighted by molar-refractivity contribution is 7.98. The fraction of sp³-hybridized carbons (Fsp3) is 0.600. The van der Waals surface area contributed by atoms with Gasteiger partial charge in [-0.25, -0.2) is 4.68 Å². The summed E-state index contributed by atoms with van der Waals surface area (Å²) in [6, 6.07) is 0. The molecular formula is C5H10N4S2. The molecule has 1 aromatic heterocycles. The number of nitrogens with two attached hydrogens (primary N) is 1. The van der Waals surface area contributed by atoms with Crippen molar-refractivity contribution in [3.8, 4) is 0 Å². The summed E-state index contributed by atoms with van der Waals surface area (Å²) in [7, 11) is 0. The van der Waals surface area contributed by atoms with Crippen LogP contribution < -0.4 is 5.84 Å². The van der Waals surface area contributed by atoms with E-state index in [1.165, 1.54) is 4.68 Å². The van der Waals surface area contributed by atoms with Crippen molar-refractivity contribution in [3.63, 3.8) is 0 Å². The molecule has 1 rings (SSSR count). The summed E-state index contributed by atoms with van der Waals surface area (Å²) in [5.41, 5.74) is 0. The predicted molar refractivity (Wildman–Crippen MR) is 49.4 cm³/mol. The van der Waals surface area contributed by atoms with E-state index in [1.807, 2.05) is 0 Å². The van der Waals surface area contributed by atoms with Crippen LogP contribution >= 0.6 is 24.0 Å². The van der Waals surface area contributed by atoms with Gasteiger partial charge in [-0.15, -0.1) is 0 Å². The largest absolute Gasteiger partial charge is 0.335 e. The molecule has 62 valence electrons. The van der Waals surface area contributed by atoms with Gasteiger partial charge in [0.15, 0.2) is 5.82 Å². The fourth-order valence-electron chi connectivity index (χ4n) is 0.632. The molecule has 0 radical (unpaired) electrons. The van der Waals surface area contributed by atoms with Crippen LogP contribution in [0.2, 0.25) is 0 Å². The average Bonchev–Trinajstić information content (AvgIpc) is 2.31. The number of hydrogen-bond donors (Lipinski definition) is 2. The molecule has 6 heteroatoms. The number of nitrogens with one attached hydrogen (secondary N) is 1. The van der Waals surface area contributed by atoms with Crippen LogP contribution in [0.1, 0.15) is 12.7 Å². The number of nitrogens with zero attached hydrogens (tertiary/aromatic N) is 2. The predicted octanol–water partition coefficient (Wildman–Crippen LogP) is 0.908. The van der Waals surface area contributed by atoms with Crippen molar-refractivity contribution in [2.75, 3.05) is 11.6 Å². The second-order valence-electron chi connectivity index (χ2n) is 1.95. The SMILES string of the molecule is CCSCc1n[nH]c(=S)n1N. The van der Waals surface area contributed by atoms with Gasteiger partial charge in [-0.3, -0.25) is 5.10 Å². The van der Waals surface area contributed by atoms with Crippen LogP contribution in [0.5, 0.6) is 0 Å². The van der Waals surface area contributed by atoms with Crippen LogP contribution in [0.15, 0.2) is 0 Å². The second-order valence-corrected chi connectivity index (χ2v) is 3.61. The summed E-state index contributed by atoms with van der Waals surface area (Å²) in [4.78, 5) is 0. The lowest BCUT2D eigenvalue weighted by Crippen LogP contribution is -2.11. The molecule has 0 bridgehead atoms. The molecule has 0 aromatic carbocycles. The number of aromatic amines is 1. The average molecular weight is 190 g/mol. The quantitative estimate of drug-likeness (QED) is 0.549. The molecule has 1 heterocycles. The molecule has 0 saturated heterocycles. The van der Waals surface area contributed by atoms with Gasteiger partial charge in [0.1, 0.15) is 0 Å². The van der Waals surface area contributed by atoms with Crippen LogP contribution in [0.3, 0.4) is 0 Å². The number of nitrogen functional groups attached to an aromatic ring is 1. The van der Waals surface area contributed by atoms with Gasteiger partial charge in [0.2, 0.25) is 4.77 Å². The Kier molecular flexibility index (Phi) is 2.95. The van der Waals surface area contributed by atoms with E-state index < -0.39 is 0 Å². The summed E-state index contributed by atoms with van der Waals surface area (Å²) < 4.78 is 1.87. The van der Waals surface area contributed by atoms with E-state index in [9.17, 15) is 0 Å². The third-order valence-electron chi connectivity index (χ3n) is 1.21. The van der Waals surface area contributed by atoms with Gasteiger partial charge in [-0.1, -0.05) is 6.92 Å². The lowest BCUT2D eigenvalue weighted by Gasteiger charge is -1.96. The highest BCUT2D eigenvalue weighted by atomic mass is 32.2. The van der Waals surface area contributed by atoms with E-state index in [2.05, 4.69) is 17.1 Å². The maximum absolute atomic E-state index is 5.55. The van der Waals surface area contributed by atoms with E-state index in [1.54, 1.807) is 11.8 Å². The monoisotopic (exact) mass is 190 g/mol. The highest BCUT2D eigenvalue weighted by Gasteiger charge is 2.00. The minimum Gasteiger partial charge on any atom is -0.335 e. The van der Waals surface area contributed by atoms with Crippen molar-refractivity contribution in [3.05, 3.63) is 10.6 Å². The fourth-order valence-corrected chi connectivity index (χ4v) is 1.37. The van der Waals surface area contributed by atoms with Gasteiger partial charge in [0.25, 0.3) is 0 Å². The van der Waals surface area contributed by atoms with Crippen LogP contribution in [-0.4, -0.2) is 20.6 Å². The van der Waals surface area contributed by atoms with Crippen molar-refractivity contribution < 1.29 is 0 Å². The topological polar surface area (TPSA) is 59.6 Å². The standard InChI is InChI=1S/C5H10N4S2/c1-2-11-3-4-7-8-5(10)9(4)6/h2-3,6H2,1H3,(H,8,10). The van der Waals surface area contributed by atoms with Gasteiger partial charge < -0.3 is 5.84 Å². The van der Waals surface area contributed by atoms with E-state index in [4.69, 9.17) is 18.1 Å². The smallest absolute Gasteiger partial charge is 0.214 e. The van der Waals surface area contributed by atoms with Crippen LogP contribution in [0, 0.1) is 4.77 Å². The molecule has 0 saturated carbocycles. The van der Waals surface area contributed by atoms with Gasteiger partial charge in [-0.05, 0) is 18.0 Å². The van der Waals surface area contributed by atoms with E-state index >= 15 is 0 Å². The molecule has 0 spiro atoms. The summed E-state index contributed by atoms with van der Waals surface area (Å²) >= 11 is 6.59. The molecule has 4 nitrogen and oxygen atoms in total. The molecule has 0 unspecified atom stereocenters. The lowest BCUT2D eigenvalue weighted by atomic mass is 10.7. The molecule has 11 heavy (non-hydrogen) atoms. The molecule has 0 atom stereocenters. The number of rotatable bonds is 3. The summed E-state index contributed by atoms with van der Waals surface area (Å²) in [6.45, 7) is 2.09. The third-order valence-corrected chi connectivity index (χ3v) is 2.37. The zero-order valence-corrected chi connectivity index (χ0v) is 7.84. The molecule has 3 N–H and O–H groups in total. The summed E-state index contributed by atoms with van der Waals surface area (Å²) in [6.07, 6.45) is 0. The lowest BCUT2D eigenvalue weighted by molar-refractivity contribution is 0.906. The first-order valence-electron chi connectivity index (χ1n) is 3.24.